The fraction of sp³-hybridized carbons (Fsp3) is 0.400. The maximum atomic E-state index is 11.9. The van der Waals surface area contributed by atoms with Crippen molar-refractivity contribution in [3.8, 4) is 11.3 Å². The molecule has 21 heavy (non-hydrogen) atoms. The van der Waals surface area contributed by atoms with Crippen molar-refractivity contribution in [1.29, 1.82) is 0 Å². The molecule has 4 nitrogen and oxygen atoms in total. The van der Waals surface area contributed by atoms with Crippen LogP contribution >= 0.6 is 27.3 Å². The van der Waals surface area contributed by atoms with Crippen LogP contribution < -0.4 is 0 Å². The Balaban J connectivity index is 2.65. The molecule has 0 aliphatic rings. The Bertz CT molecular complexity index is 689. The molecular formula is C15H17BrN2O2S. The van der Waals surface area contributed by atoms with Crippen LogP contribution in [0.15, 0.2) is 16.0 Å². The molecule has 6 heteroatoms. The molecule has 0 spiro atoms. The highest BCUT2D eigenvalue weighted by Crippen LogP contribution is 2.34. The van der Waals surface area contributed by atoms with Crippen molar-refractivity contribution in [3.05, 3.63) is 32.3 Å². The van der Waals surface area contributed by atoms with Gasteiger partial charge < -0.3 is 4.74 Å². The highest BCUT2D eigenvalue weighted by atomic mass is 79.9. The minimum Gasteiger partial charge on any atom is -0.465 e. The summed E-state index contributed by atoms with van der Waals surface area (Å²) < 4.78 is 5.56. The van der Waals surface area contributed by atoms with Gasteiger partial charge in [0.1, 0.15) is 15.3 Å². The van der Waals surface area contributed by atoms with Gasteiger partial charge in [0.05, 0.1) is 12.8 Å². The molecule has 0 N–H and O–H groups in total. The van der Waals surface area contributed by atoms with Crippen LogP contribution in [0.3, 0.4) is 0 Å². The van der Waals surface area contributed by atoms with E-state index in [0.717, 1.165) is 22.6 Å². The average molecular weight is 369 g/mol. The summed E-state index contributed by atoms with van der Waals surface area (Å²) in [6, 6.07) is 1.83. The Hall–Kier alpha value is -1.27. The Morgan fingerprint density at radius 3 is 2.57 bits per heavy atom. The predicted molar refractivity (Wildman–Crippen MR) is 87.8 cm³/mol. The average Bonchev–Trinajstić information content (AvgIpc) is 2.78. The lowest BCUT2D eigenvalue weighted by molar-refractivity contribution is 0.0607. The van der Waals surface area contributed by atoms with Crippen LogP contribution in [0.1, 0.15) is 41.8 Å². The summed E-state index contributed by atoms with van der Waals surface area (Å²) >= 11 is 4.80. The van der Waals surface area contributed by atoms with Crippen LogP contribution in [0.5, 0.6) is 0 Å². The van der Waals surface area contributed by atoms with E-state index in [-0.39, 0.29) is 11.4 Å². The third-order valence-electron chi connectivity index (χ3n) is 2.97. The zero-order valence-electron chi connectivity index (χ0n) is 12.7. The van der Waals surface area contributed by atoms with Gasteiger partial charge in [0.2, 0.25) is 0 Å². The fourth-order valence-electron chi connectivity index (χ4n) is 1.89. The summed E-state index contributed by atoms with van der Waals surface area (Å²) in [7, 11) is 1.39. The van der Waals surface area contributed by atoms with E-state index >= 15 is 0 Å². The topological polar surface area (TPSA) is 52.1 Å². The monoisotopic (exact) mass is 368 g/mol. The van der Waals surface area contributed by atoms with Gasteiger partial charge >= 0.3 is 5.97 Å². The van der Waals surface area contributed by atoms with Crippen molar-refractivity contribution in [3.63, 3.8) is 0 Å². The van der Waals surface area contributed by atoms with Gasteiger partial charge in [0.15, 0.2) is 0 Å². The molecule has 0 atom stereocenters. The number of methoxy groups -OCH3 is 1. The van der Waals surface area contributed by atoms with E-state index in [1.54, 1.807) is 0 Å². The number of hydrogen-bond acceptors (Lipinski definition) is 5. The number of carbonyl (C=O) groups excluding carboxylic acids is 1. The van der Waals surface area contributed by atoms with Gasteiger partial charge in [-0.1, -0.05) is 20.8 Å². The standard InChI is InChI=1S/C15H17BrN2O2S/c1-8-7-21-12(13(19)20-5)11(8)9-6-10(16)18-14(17-9)15(2,3)4/h6-7H,1-5H3. The van der Waals surface area contributed by atoms with Crippen LogP contribution in [-0.2, 0) is 10.2 Å². The van der Waals surface area contributed by atoms with Crippen molar-refractivity contribution in [2.45, 2.75) is 33.1 Å². The maximum Gasteiger partial charge on any atom is 0.348 e. The van der Waals surface area contributed by atoms with Crippen LogP contribution in [0.2, 0.25) is 0 Å². The first kappa shape index (κ1) is 16.1. The third kappa shape index (κ3) is 3.32. The van der Waals surface area contributed by atoms with Crippen molar-refractivity contribution in [2.75, 3.05) is 7.11 Å². The molecular weight excluding hydrogens is 352 g/mol. The first-order valence-corrected chi connectivity index (χ1v) is 8.13. The quantitative estimate of drug-likeness (QED) is 0.583. The Morgan fingerprint density at radius 1 is 1.33 bits per heavy atom. The Morgan fingerprint density at radius 2 is 2.00 bits per heavy atom. The number of aromatic nitrogens is 2. The first-order valence-electron chi connectivity index (χ1n) is 6.46. The minimum atomic E-state index is -0.338. The van der Waals surface area contributed by atoms with Gasteiger partial charge in [-0.05, 0) is 39.9 Å². The smallest absolute Gasteiger partial charge is 0.348 e. The summed E-state index contributed by atoms with van der Waals surface area (Å²) in [5, 5.41) is 1.94. The Labute approximate surface area is 136 Å². The third-order valence-corrected chi connectivity index (χ3v) is 4.45. The van der Waals surface area contributed by atoms with Gasteiger partial charge in [0, 0.05) is 11.0 Å². The number of hydrogen-bond donors (Lipinski definition) is 0. The fourth-order valence-corrected chi connectivity index (χ4v) is 3.25. The van der Waals surface area contributed by atoms with Gasteiger partial charge in [-0.25, -0.2) is 14.8 Å². The summed E-state index contributed by atoms with van der Waals surface area (Å²) in [6.45, 7) is 8.13. The minimum absolute atomic E-state index is 0.173. The van der Waals surface area contributed by atoms with Crippen LogP contribution in [0.4, 0.5) is 0 Å². The summed E-state index contributed by atoms with van der Waals surface area (Å²) in [5.41, 5.74) is 2.39. The number of nitrogens with zero attached hydrogens (tertiary/aromatic N) is 2. The van der Waals surface area contributed by atoms with E-state index in [9.17, 15) is 4.79 Å². The lowest BCUT2D eigenvalue weighted by Gasteiger charge is -2.18. The molecule has 2 rings (SSSR count). The molecule has 0 amide bonds. The molecule has 0 saturated heterocycles. The molecule has 2 aromatic heterocycles. The molecule has 0 unspecified atom stereocenters. The number of aryl methyl sites for hydroxylation is 1. The predicted octanol–water partition coefficient (Wildman–Crippen LogP) is 4.36. The second kappa shape index (κ2) is 5.85. The molecule has 2 aromatic rings. The highest BCUT2D eigenvalue weighted by Gasteiger charge is 2.23. The SMILES string of the molecule is COC(=O)c1scc(C)c1-c1cc(Br)nc(C(C)(C)C)n1. The molecule has 0 aliphatic carbocycles. The summed E-state index contributed by atoms with van der Waals surface area (Å²) in [5.74, 6) is 0.392. The van der Waals surface area contributed by atoms with Gasteiger partial charge in [-0.15, -0.1) is 11.3 Å². The van der Waals surface area contributed by atoms with Crippen molar-refractivity contribution in [1.82, 2.24) is 9.97 Å². The highest BCUT2D eigenvalue weighted by molar-refractivity contribution is 9.10. The lowest BCUT2D eigenvalue weighted by Crippen LogP contribution is -2.16. The van der Waals surface area contributed by atoms with E-state index in [4.69, 9.17) is 4.74 Å². The van der Waals surface area contributed by atoms with Crippen molar-refractivity contribution < 1.29 is 9.53 Å². The van der Waals surface area contributed by atoms with E-state index < -0.39 is 0 Å². The van der Waals surface area contributed by atoms with Crippen molar-refractivity contribution >= 4 is 33.2 Å². The van der Waals surface area contributed by atoms with Crippen LogP contribution in [-0.4, -0.2) is 23.0 Å². The zero-order chi connectivity index (χ0) is 15.8. The summed E-state index contributed by atoms with van der Waals surface area (Å²) in [4.78, 5) is 21.6. The molecule has 2 heterocycles. The molecule has 0 saturated carbocycles. The largest absolute Gasteiger partial charge is 0.465 e. The van der Waals surface area contributed by atoms with E-state index in [2.05, 4.69) is 46.7 Å². The summed E-state index contributed by atoms with van der Waals surface area (Å²) in [6.07, 6.45) is 0. The second-order valence-electron chi connectivity index (χ2n) is 5.76. The van der Waals surface area contributed by atoms with Gasteiger partial charge in [-0.3, -0.25) is 0 Å². The number of carbonyl (C=O) groups is 1. The number of halogens is 1. The zero-order valence-corrected chi connectivity index (χ0v) is 15.1. The van der Waals surface area contributed by atoms with Gasteiger partial charge in [-0.2, -0.15) is 0 Å². The molecule has 0 aliphatic heterocycles. The van der Waals surface area contributed by atoms with Gasteiger partial charge in [0.25, 0.3) is 0 Å². The molecule has 112 valence electrons. The van der Waals surface area contributed by atoms with Crippen LogP contribution in [0, 0.1) is 6.92 Å². The molecule has 0 radical (unpaired) electrons. The number of thiophene rings is 1. The number of esters is 1. The number of ether oxygens (including phenoxy) is 1. The molecule has 0 bridgehead atoms. The second-order valence-corrected chi connectivity index (χ2v) is 7.46. The van der Waals surface area contributed by atoms with Crippen LogP contribution in [0.25, 0.3) is 11.3 Å². The van der Waals surface area contributed by atoms with E-state index in [1.165, 1.54) is 18.4 Å². The Kier molecular flexibility index (Phi) is 4.49. The number of rotatable bonds is 2. The van der Waals surface area contributed by atoms with Crippen molar-refractivity contribution in [2.24, 2.45) is 0 Å². The van der Waals surface area contributed by atoms with E-state index in [1.807, 2.05) is 18.4 Å². The first-order chi connectivity index (χ1) is 9.74. The maximum absolute atomic E-state index is 11.9. The molecule has 0 aromatic carbocycles. The normalized spacial score (nSPS) is 11.5. The van der Waals surface area contributed by atoms with E-state index in [0.29, 0.717) is 9.48 Å². The molecule has 0 fully saturated rings. The lowest BCUT2D eigenvalue weighted by atomic mass is 9.95.